The average Bonchev–Trinajstić information content (AvgIpc) is 3.35. The summed E-state index contributed by atoms with van der Waals surface area (Å²) >= 11 is 1.47. The number of rotatable bonds is 5. The predicted octanol–water partition coefficient (Wildman–Crippen LogP) is 1.62. The number of anilines is 1. The number of carbonyl (C=O) groups excluding carboxylic acids is 1. The number of carbonyl (C=O) groups is 1. The minimum Gasteiger partial charge on any atom is -0.356 e. The van der Waals surface area contributed by atoms with Gasteiger partial charge >= 0.3 is 0 Å². The lowest BCUT2D eigenvalue weighted by Gasteiger charge is -2.16. The molecule has 1 aliphatic rings. The lowest BCUT2D eigenvalue weighted by Crippen LogP contribution is -2.27. The van der Waals surface area contributed by atoms with Crippen molar-refractivity contribution >= 4 is 34.1 Å². The highest BCUT2D eigenvalue weighted by Crippen LogP contribution is 2.25. The van der Waals surface area contributed by atoms with Crippen LogP contribution in [0.1, 0.15) is 28.3 Å². The summed E-state index contributed by atoms with van der Waals surface area (Å²) < 4.78 is 1.81. The van der Waals surface area contributed by atoms with Crippen molar-refractivity contribution in [3.05, 3.63) is 28.6 Å². The van der Waals surface area contributed by atoms with E-state index in [1.807, 2.05) is 17.8 Å². The van der Waals surface area contributed by atoms with Crippen molar-refractivity contribution < 1.29 is 4.79 Å². The Labute approximate surface area is 148 Å². The highest BCUT2D eigenvalue weighted by Gasteiger charge is 2.18. The van der Waals surface area contributed by atoms with Gasteiger partial charge < -0.3 is 10.2 Å². The molecule has 1 aliphatic heterocycles. The maximum absolute atomic E-state index is 12.0. The largest absolute Gasteiger partial charge is 0.356 e. The molecular weight excluding hydrogens is 338 g/mol. The molecule has 4 rings (SSSR count). The molecule has 4 heterocycles. The Kier molecular flexibility index (Phi) is 4.31. The molecule has 9 heteroatoms. The first-order chi connectivity index (χ1) is 12.2. The Balaban J connectivity index is 1.45. The zero-order chi connectivity index (χ0) is 17.2. The Morgan fingerprint density at radius 3 is 2.92 bits per heavy atom. The molecule has 0 unspecified atom stereocenters. The number of fused-ring (bicyclic) bond motifs is 1. The minimum atomic E-state index is -0.159. The van der Waals surface area contributed by atoms with Crippen LogP contribution < -0.4 is 10.2 Å². The topological polar surface area (TPSA) is 88.8 Å². The number of nitrogens with one attached hydrogen (secondary N) is 1. The monoisotopic (exact) mass is 357 g/mol. The molecule has 0 aliphatic carbocycles. The van der Waals surface area contributed by atoms with Gasteiger partial charge in [0.2, 0.25) is 0 Å². The molecule has 1 saturated heterocycles. The van der Waals surface area contributed by atoms with Crippen LogP contribution in [0.25, 0.3) is 11.0 Å². The number of hydrogen-bond acceptors (Lipinski definition) is 7. The van der Waals surface area contributed by atoms with Crippen LogP contribution in [0.5, 0.6) is 0 Å². The van der Waals surface area contributed by atoms with Crippen LogP contribution in [-0.2, 0) is 6.54 Å². The summed E-state index contributed by atoms with van der Waals surface area (Å²) in [5.74, 6) is 0.795. The molecule has 3 aromatic rings. The number of thiazole rings is 1. The van der Waals surface area contributed by atoms with E-state index in [1.165, 1.54) is 24.2 Å². The van der Waals surface area contributed by atoms with Crippen molar-refractivity contribution in [3.8, 4) is 0 Å². The van der Waals surface area contributed by atoms with Gasteiger partial charge in [0.15, 0.2) is 5.65 Å². The van der Waals surface area contributed by atoms with Gasteiger partial charge in [-0.3, -0.25) is 4.79 Å². The predicted molar refractivity (Wildman–Crippen MR) is 96.0 cm³/mol. The van der Waals surface area contributed by atoms with Gasteiger partial charge in [0.1, 0.15) is 17.8 Å². The third-order valence-corrected chi connectivity index (χ3v) is 5.05. The molecule has 130 valence electrons. The van der Waals surface area contributed by atoms with Crippen LogP contribution in [-0.4, -0.2) is 50.3 Å². The van der Waals surface area contributed by atoms with E-state index >= 15 is 0 Å². The second kappa shape index (κ2) is 6.75. The van der Waals surface area contributed by atoms with Crippen molar-refractivity contribution in [1.29, 1.82) is 0 Å². The van der Waals surface area contributed by atoms with Gasteiger partial charge in [0.25, 0.3) is 5.91 Å². The van der Waals surface area contributed by atoms with Crippen molar-refractivity contribution in [3.63, 3.8) is 0 Å². The summed E-state index contributed by atoms with van der Waals surface area (Å²) in [5.41, 5.74) is 1.27. The standard InChI is InChI=1S/C16H19N7OS/c1-11-21-13(9-25-11)16(24)17-4-7-23-15-12(8-20-23)14(18-10-19-15)22-5-2-3-6-22/h8-10H,2-7H2,1H3,(H,17,24). The smallest absolute Gasteiger partial charge is 0.270 e. The maximum atomic E-state index is 12.0. The van der Waals surface area contributed by atoms with E-state index in [0.717, 1.165) is 34.9 Å². The van der Waals surface area contributed by atoms with E-state index < -0.39 is 0 Å². The zero-order valence-electron chi connectivity index (χ0n) is 14.0. The van der Waals surface area contributed by atoms with E-state index in [-0.39, 0.29) is 5.91 Å². The molecule has 8 nitrogen and oxygen atoms in total. The van der Waals surface area contributed by atoms with Crippen LogP contribution in [0, 0.1) is 6.92 Å². The van der Waals surface area contributed by atoms with Crippen molar-refractivity contribution in [1.82, 2.24) is 30.0 Å². The van der Waals surface area contributed by atoms with Crippen molar-refractivity contribution in [2.75, 3.05) is 24.5 Å². The molecule has 1 amide bonds. The molecular formula is C16H19N7OS. The lowest BCUT2D eigenvalue weighted by molar-refractivity contribution is 0.0947. The summed E-state index contributed by atoms with van der Waals surface area (Å²) in [7, 11) is 0. The lowest BCUT2D eigenvalue weighted by atomic mass is 10.3. The molecule has 3 aromatic heterocycles. The van der Waals surface area contributed by atoms with E-state index in [0.29, 0.717) is 18.8 Å². The Hall–Kier alpha value is -2.55. The molecule has 0 saturated carbocycles. The van der Waals surface area contributed by atoms with Crippen molar-refractivity contribution in [2.45, 2.75) is 26.3 Å². The van der Waals surface area contributed by atoms with Gasteiger partial charge in [0.05, 0.1) is 23.1 Å². The molecule has 0 spiro atoms. The van der Waals surface area contributed by atoms with Crippen LogP contribution >= 0.6 is 11.3 Å². The Morgan fingerprint density at radius 1 is 1.32 bits per heavy atom. The first-order valence-electron chi connectivity index (χ1n) is 8.34. The Morgan fingerprint density at radius 2 is 2.16 bits per heavy atom. The summed E-state index contributed by atoms with van der Waals surface area (Å²) in [4.78, 5) is 27.3. The number of aromatic nitrogens is 5. The summed E-state index contributed by atoms with van der Waals surface area (Å²) in [6, 6.07) is 0. The zero-order valence-corrected chi connectivity index (χ0v) is 14.8. The average molecular weight is 357 g/mol. The second-order valence-corrected chi connectivity index (χ2v) is 7.07. The van der Waals surface area contributed by atoms with Gasteiger partial charge in [-0.05, 0) is 19.8 Å². The van der Waals surface area contributed by atoms with Gasteiger partial charge in [-0.25, -0.2) is 19.6 Å². The molecule has 0 radical (unpaired) electrons. The first kappa shape index (κ1) is 15.9. The Bertz CT molecular complexity index is 897. The summed E-state index contributed by atoms with van der Waals surface area (Å²) in [6.45, 7) is 4.96. The van der Waals surface area contributed by atoms with E-state index in [4.69, 9.17) is 0 Å². The van der Waals surface area contributed by atoms with Crippen LogP contribution in [0.2, 0.25) is 0 Å². The molecule has 1 N–H and O–H groups in total. The molecule has 0 aromatic carbocycles. The summed E-state index contributed by atoms with van der Waals surface area (Å²) in [6.07, 6.45) is 5.79. The number of nitrogens with zero attached hydrogens (tertiary/aromatic N) is 6. The van der Waals surface area contributed by atoms with Crippen molar-refractivity contribution in [2.24, 2.45) is 0 Å². The fraction of sp³-hybridized carbons (Fsp3) is 0.438. The highest BCUT2D eigenvalue weighted by atomic mass is 32.1. The number of hydrogen-bond donors (Lipinski definition) is 1. The normalized spacial score (nSPS) is 14.4. The van der Waals surface area contributed by atoms with Crippen LogP contribution in [0.3, 0.4) is 0 Å². The van der Waals surface area contributed by atoms with E-state index in [1.54, 1.807) is 11.7 Å². The van der Waals surface area contributed by atoms with Gasteiger partial charge in [-0.1, -0.05) is 0 Å². The number of amides is 1. The molecule has 0 bridgehead atoms. The third-order valence-electron chi connectivity index (χ3n) is 4.28. The molecule has 25 heavy (non-hydrogen) atoms. The highest BCUT2D eigenvalue weighted by molar-refractivity contribution is 7.09. The third kappa shape index (κ3) is 3.19. The van der Waals surface area contributed by atoms with Gasteiger partial charge in [0, 0.05) is 25.0 Å². The quantitative estimate of drug-likeness (QED) is 0.746. The number of aryl methyl sites for hydroxylation is 1. The summed E-state index contributed by atoms with van der Waals surface area (Å²) in [5, 5.41) is 10.9. The molecule has 0 atom stereocenters. The van der Waals surface area contributed by atoms with E-state index in [2.05, 4.69) is 30.3 Å². The van der Waals surface area contributed by atoms with Gasteiger partial charge in [-0.2, -0.15) is 5.10 Å². The first-order valence-corrected chi connectivity index (χ1v) is 9.22. The second-order valence-electron chi connectivity index (χ2n) is 6.00. The minimum absolute atomic E-state index is 0.159. The fourth-order valence-electron chi connectivity index (χ4n) is 3.06. The van der Waals surface area contributed by atoms with Gasteiger partial charge in [-0.15, -0.1) is 11.3 Å². The fourth-order valence-corrected chi connectivity index (χ4v) is 3.65. The molecule has 1 fully saturated rings. The van der Waals surface area contributed by atoms with E-state index in [9.17, 15) is 4.79 Å². The SMILES string of the molecule is Cc1nc(C(=O)NCCn2ncc3c(N4CCCC4)ncnc32)cs1. The van der Waals surface area contributed by atoms with Crippen LogP contribution in [0.4, 0.5) is 5.82 Å². The maximum Gasteiger partial charge on any atom is 0.270 e. The van der Waals surface area contributed by atoms with Crippen LogP contribution in [0.15, 0.2) is 17.9 Å².